The lowest BCUT2D eigenvalue weighted by atomic mass is 9.94. The Morgan fingerprint density at radius 1 is 1.05 bits per heavy atom. The number of rotatable bonds is 10. The fourth-order valence-corrected chi connectivity index (χ4v) is 3.82. The first-order valence-corrected chi connectivity index (χ1v) is 9.73. The zero-order chi connectivity index (χ0) is 15.1. The number of nitrogens with zero attached hydrogens (tertiary/aromatic N) is 1. The molecular formula is C19H38N2. The van der Waals surface area contributed by atoms with Crippen molar-refractivity contribution in [1.82, 2.24) is 10.2 Å². The molecule has 0 radical (unpaired) electrons. The lowest BCUT2D eigenvalue weighted by Gasteiger charge is -2.42. The zero-order valence-corrected chi connectivity index (χ0v) is 14.7. The minimum atomic E-state index is 0.727. The van der Waals surface area contributed by atoms with Gasteiger partial charge in [0.2, 0.25) is 0 Å². The predicted octanol–water partition coefficient (Wildman–Crippen LogP) is 4.45. The third-order valence-electron chi connectivity index (χ3n) is 5.79. The molecule has 2 aliphatic rings. The Labute approximate surface area is 133 Å². The second-order valence-corrected chi connectivity index (χ2v) is 7.57. The average molecular weight is 295 g/mol. The van der Waals surface area contributed by atoms with Crippen molar-refractivity contribution in [1.29, 1.82) is 0 Å². The Hall–Kier alpha value is -0.0800. The van der Waals surface area contributed by atoms with Gasteiger partial charge in [-0.3, -0.25) is 4.90 Å². The summed E-state index contributed by atoms with van der Waals surface area (Å²) < 4.78 is 0. The van der Waals surface area contributed by atoms with Gasteiger partial charge < -0.3 is 5.32 Å². The van der Waals surface area contributed by atoms with E-state index in [9.17, 15) is 0 Å². The van der Waals surface area contributed by atoms with E-state index >= 15 is 0 Å². The topological polar surface area (TPSA) is 15.3 Å². The first-order chi connectivity index (χ1) is 10.3. The number of hydrogen-bond acceptors (Lipinski definition) is 2. The molecule has 1 aliphatic heterocycles. The van der Waals surface area contributed by atoms with Crippen LogP contribution in [0.5, 0.6) is 0 Å². The summed E-state index contributed by atoms with van der Waals surface area (Å²) in [6.45, 7) is 10.9. The van der Waals surface area contributed by atoms with Crippen LogP contribution in [-0.2, 0) is 0 Å². The SMILES string of the molecule is CCCCCCCCN1CC(C(C)CC)NCC1C1CC1. The van der Waals surface area contributed by atoms with Gasteiger partial charge >= 0.3 is 0 Å². The van der Waals surface area contributed by atoms with Gasteiger partial charge in [-0.2, -0.15) is 0 Å². The highest BCUT2D eigenvalue weighted by Gasteiger charge is 2.39. The second-order valence-electron chi connectivity index (χ2n) is 7.57. The molecule has 0 aromatic heterocycles. The molecule has 0 aromatic rings. The summed E-state index contributed by atoms with van der Waals surface area (Å²) >= 11 is 0. The maximum absolute atomic E-state index is 3.85. The summed E-state index contributed by atoms with van der Waals surface area (Å²) in [4.78, 5) is 2.85. The van der Waals surface area contributed by atoms with Crippen molar-refractivity contribution in [2.45, 2.75) is 90.6 Å². The van der Waals surface area contributed by atoms with E-state index in [4.69, 9.17) is 0 Å². The first kappa shape index (κ1) is 17.3. The van der Waals surface area contributed by atoms with Crippen molar-refractivity contribution in [3.63, 3.8) is 0 Å². The molecule has 1 aliphatic carbocycles. The molecule has 1 heterocycles. The van der Waals surface area contributed by atoms with Crippen LogP contribution in [-0.4, -0.2) is 36.6 Å². The average Bonchev–Trinajstić information content (AvgIpc) is 3.34. The summed E-state index contributed by atoms with van der Waals surface area (Å²) in [6.07, 6.45) is 12.8. The Bertz CT molecular complexity index is 275. The Morgan fingerprint density at radius 3 is 2.43 bits per heavy atom. The second kappa shape index (κ2) is 9.15. The molecule has 2 fully saturated rings. The number of hydrogen-bond donors (Lipinski definition) is 1. The summed E-state index contributed by atoms with van der Waals surface area (Å²) in [5.74, 6) is 1.83. The van der Waals surface area contributed by atoms with Crippen LogP contribution in [0.4, 0.5) is 0 Å². The highest BCUT2D eigenvalue weighted by Crippen LogP contribution is 2.36. The smallest absolute Gasteiger partial charge is 0.0249 e. The molecule has 1 saturated carbocycles. The fourth-order valence-electron chi connectivity index (χ4n) is 3.82. The van der Waals surface area contributed by atoms with E-state index in [0.717, 1.165) is 23.9 Å². The molecule has 2 nitrogen and oxygen atoms in total. The molecule has 1 N–H and O–H groups in total. The minimum Gasteiger partial charge on any atom is -0.311 e. The van der Waals surface area contributed by atoms with Gasteiger partial charge in [0.05, 0.1) is 0 Å². The molecule has 0 aromatic carbocycles. The lowest BCUT2D eigenvalue weighted by Crippen LogP contribution is -2.59. The number of unbranched alkanes of at least 4 members (excludes halogenated alkanes) is 5. The van der Waals surface area contributed by atoms with E-state index in [-0.39, 0.29) is 0 Å². The third kappa shape index (κ3) is 5.56. The van der Waals surface area contributed by atoms with Crippen molar-refractivity contribution in [2.75, 3.05) is 19.6 Å². The standard InChI is InChI=1S/C19H38N2/c1-4-6-7-8-9-10-13-21-15-18(16(3)5-2)20-14-19(21)17-11-12-17/h16-20H,4-15H2,1-3H3. The van der Waals surface area contributed by atoms with Crippen LogP contribution in [0.15, 0.2) is 0 Å². The van der Waals surface area contributed by atoms with Crippen LogP contribution in [0, 0.1) is 11.8 Å². The van der Waals surface area contributed by atoms with Gasteiger partial charge in [-0.05, 0) is 37.6 Å². The monoisotopic (exact) mass is 294 g/mol. The predicted molar refractivity (Wildman–Crippen MR) is 92.7 cm³/mol. The maximum Gasteiger partial charge on any atom is 0.0249 e. The largest absolute Gasteiger partial charge is 0.311 e. The molecule has 2 heteroatoms. The minimum absolute atomic E-state index is 0.727. The van der Waals surface area contributed by atoms with E-state index < -0.39 is 0 Å². The van der Waals surface area contributed by atoms with Gasteiger partial charge in [-0.1, -0.05) is 59.3 Å². The molecule has 0 spiro atoms. The third-order valence-corrected chi connectivity index (χ3v) is 5.79. The van der Waals surface area contributed by atoms with Gasteiger partial charge in [0.1, 0.15) is 0 Å². The number of nitrogens with one attached hydrogen (secondary N) is 1. The summed E-state index contributed by atoms with van der Waals surface area (Å²) in [6, 6.07) is 1.58. The quantitative estimate of drug-likeness (QED) is 0.599. The highest BCUT2D eigenvalue weighted by atomic mass is 15.2. The Kier molecular flexibility index (Phi) is 7.53. The Balaban J connectivity index is 1.72. The molecule has 0 bridgehead atoms. The molecule has 0 amide bonds. The molecule has 2 rings (SSSR count). The molecule has 1 saturated heterocycles. The summed E-state index contributed by atoms with van der Waals surface area (Å²) in [5.41, 5.74) is 0. The van der Waals surface area contributed by atoms with Gasteiger partial charge in [0, 0.05) is 25.2 Å². The molecule has 21 heavy (non-hydrogen) atoms. The summed E-state index contributed by atoms with van der Waals surface area (Å²) in [5, 5.41) is 3.85. The zero-order valence-electron chi connectivity index (χ0n) is 14.7. The van der Waals surface area contributed by atoms with Gasteiger partial charge in [0.15, 0.2) is 0 Å². The van der Waals surface area contributed by atoms with Gasteiger partial charge in [-0.15, -0.1) is 0 Å². The van der Waals surface area contributed by atoms with Gasteiger partial charge in [0.25, 0.3) is 0 Å². The lowest BCUT2D eigenvalue weighted by molar-refractivity contribution is 0.0940. The Morgan fingerprint density at radius 2 is 1.76 bits per heavy atom. The van der Waals surface area contributed by atoms with Crippen LogP contribution in [0.3, 0.4) is 0 Å². The summed E-state index contributed by atoms with van der Waals surface area (Å²) in [7, 11) is 0. The van der Waals surface area contributed by atoms with Crippen molar-refractivity contribution in [2.24, 2.45) is 11.8 Å². The van der Waals surface area contributed by atoms with E-state index in [2.05, 4.69) is 31.0 Å². The van der Waals surface area contributed by atoms with Crippen molar-refractivity contribution >= 4 is 0 Å². The van der Waals surface area contributed by atoms with E-state index in [1.54, 1.807) is 0 Å². The first-order valence-electron chi connectivity index (χ1n) is 9.73. The molecular weight excluding hydrogens is 256 g/mol. The van der Waals surface area contributed by atoms with Crippen LogP contribution < -0.4 is 5.32 Å². The van der Waals surface area contributed by atoms with Crippen molar-refractivity contribution < 1.29 is 0 Å². The molecule has 124 valence electrons. The van der Waals surface area contributed by atoms with E-state index in [1.807, 2.05) is 0 Å². The van der Waals surface area contributed by atoms with Crippen molar-refractivity contribution in [3.8, 4) is 0 Å². The van der Waals surface area contributed by atoms with Crippen LogP contribution in [0.1, 0.15) is 78.6 Å². The van der Waals surface area contributed by atoms with E-state index in [1.165, 1.54) is 77.4 Å². The fraction of sp³-hybridized carbons (Fsp3) is 1.00. The highest BCUT2D eigenvalue weighted by molar-refractivity contribution is 4.95. The molecule has 3 atom stereocenters. The normalized spacial score (nSPS) is 28.7. The molecule has 3 unspecified atom stereocenters. The van der Waals surface area contributed by atoms with Crippen LogP contribution in [0.25, 0.3) is 0 Å². The number of piperazine rings is 1. The van der Waals surface area contributed by atoms with Gasteiger partial charge in [-0.25, -0.2) is 0 Å². The van der Waals surface area contributed by atoms with E-state index in [0.29, 0.717) is 0 Å². The van der Waals surface area contributed by atoms with Crippen LogP contribution in [0.2, 0.25) is 0 Å². The maximum atomic E-state index is 3.85. The van der Waals surface area contributed by atoms with Crippen molar-refractivity contribution in [3.05, 3.63) is 0 Å². The van der Waals surface area contributed by atoms with Crippen LogP contribution >= 0.6 is 0 Å².